The van der Waals surface area contributed by atoms with Gasteiger partial charge in [0, 0.05) is 11.6 Å². The zero-order chi connectivity index (χ0) is 13.8. The predicted octanol–water partition coefficient (Wildman–Crippen LogP) is 4.04. The van der Waals surface area contributed by atoms with E-state index in [4.69, 9.17) is 16.3 Å². The van der Waals surface area contributed by atoms with Crippen LogP contribution in [0.5, 0.6) is 5.75 Å². The summed E-state index contributed by atoms with van der Waals surface area (Å²) in [5, 5.41) is 3.92. The molecule has 0 aliphatic carbocycles. The van der Waals surface area contributed by atoms with E-state index in [1.807, 2.05) is 32.2 Å². The maximum atomic E-state index is 6.18. The van der Waals surface area contributed by atoms with Crippen LogP contribution < -0.4 is 10.1 Å². The molecule has 0 aliphatic rings. The minimum atomic E-state index is 0.766. The second kappa shape index (κ2) is 6.09. The number of aryl methyl sites for hydroxylation is 1. The van der Waals surface area contributed by atoms with Gasteiger partial charge < -0.3 is 10.1 Å². The van der Waals surface area contributed by atoms with Gasteiger partial charge in [0.2, 0.25) is 0 Å². The van der Waals surface area contributed by atoms with Crippen molar-refractivity contribution in [2.75, 3.05) is 14.2 Å². The minimum absolute atomic E-state index is 0.766. The molecule has 0 aromatic heterocycles. The van der Waals surface area contributed by atoms with E-state index < -0.39 is 0 Å². The fourth-order valence-corrected chi connectivity index (χ4v) is 2.32. The van der Waals surface area contributed by atoms with Crippen molar-refractivity contribution in [2.45, 2.75) is 13.5 Å². The zero-order valence-electron chi connectivity index (χ0n) is 11.5. The number of hydrogen-bond donors (Lipinski definition) is 1. The average molecular weight is 276 g/mol. The van der Waals surface area contributed by atoms with Crippen LogP contribution in [-0.4, -0.2) is 14.2 Å². The van der Waals surface area contributed by atoms with Gasteiger partial charge in [0.05, 0.1) is 7.11 Å². The van der Waals surface area contributed by atoms with Crippen LogP contribution in [0.4, 0.5) is 0 Å². The third kappa shape index (κ3) is 3.09. The van der Waals surface area contributed by atoms with Crippen LogP contribution in [0.25, 0.3) is 11.1 Å². The van der Waals surface area contributed by atoms with E-state index in [0.717, 1.165) is 28.4 Å². The molecule has 0 fully saturated rings. The van der Waals surface area contributed by atoms with Gasteiger partial charge >= 0.3 is 0 Å². The maximum Gasteiger partial charge on any atom is 0.121 e. The largest absolute Gasteiger partial charge is 0.496 e. The third-order valence-electron chi connectivity index (χ3n) is 3.14. The average Bonchev–Trinajstić information content (AvgIpc) is 2.41. The van der Waals surface area contributed by atoms with Gasteiger partial charge in [-0.05, 0) is 60.5 Å². The number of methoxy groups -OCH3 is 1. The molecule has 0 radical (unpaired) electrons. The Balaban J connectivity index is 2.41. The van der Waals surface area contributed by atoms with Crippen molar-refractivity contribution in [3.63, 3.8) is 0 Å². The summed E-state index contributed by atoms with van der Waals surface area (Å²) in [6.45, 7) is 2.81. The molecule has 0 aliphatic heterocycles. The second-order valence-electron chi connectivity index (χ2n) is 4.52. The first kappa shape index (κ1) is 13.9. The first-order valence-electron chi connectivity index (χ1n) is 6.23. The molecule has 0 saturated heterocycles. The fraction of sp³-hybridized carbons (Fsp3) is 0.250. The van der Waals surface area contributed by atoms with Gasteiger partial charge in [-0.1, -0.05) is 23.7 Å². The normalized spacial score (nSPS) is 10.5. The number of nitrogens with one attached hydrogen (secondary N) is 1. The zero-order valence-corrected chi connectivity index (χ0v) is 12.2. The quantitative estimate of drug-likeness (QED) is 0.909. The molecule has 2 aromatic rings. The first-order valence-corrected chi connectivity index (χ1v) is 6.61. The first-order chi connectivity index (χ1) is 9.15. The predicted molar refractivity (Wildman–Crippen MR) is 80.9 cm³/mol. The summed E-state index contributed by atoms with van der Waals surface area (Å²) in [7, 11) is 3.61. The van der Waals surface area contributed by atoms with Crippen molar-refractivity contribution < 1.29 is 4.74 Å². The Morgan fingerprint density at radius 3 is 2.42 bits per heavy atom. The van der Waals surface area contributed by atoms with E-state index in [1.165, 1.54) is 11.1 Å². The lowest BCUT2D eigenvalue weighted by molar-refractivity contribution is 0.412. The van der Waals surface area contributed by atoms with Crippen molar-refractivity contribution in [3.8, 4) is 16.9 Å². The van der Waals surface area contributed by atoms with Crippen LogP contribution in [0, 0.1) is 6.92 Å². The summed E-state index contributed by atoms with van der Waals surface area (Å²) in [6, 6.07) is 12.3. The van der Waals surface area contributed by atoms with Crippen LogP contribution in [0.1, 0.15) is 11.1 Å². The molecular weight excluding hydrogens is 258 g/mol. The topological polar surface area (TPSA) is 21.3 Å². The van der Waals surface area contributed by atoms with E-state index in [-0.39, 0.29) is 0 Å². The Morgan fingerprint density at radius 1 is 1.11 bits per heavy atom. The molecule has 0 spiro atoms. The van der Waals surface area contributed by atoms with E-state index in [1.54, 1.807) is 7.11 Å². The lowest BCUT2D eigenvalue weighted by Gasteiger charge is -2.10. The number of ether oxygens (including phenoxy) is 1. The molecule has 2 aromatic carbocycles. The lowest BCUT2D eigenvalue weighted by Crippen LogP contribution is -2.05. The highest BCUT2D eigenvalue weighted by atomic mass is 35.5. The molecular formula is C16H18ClNO. The SMILES string of the molecule is CNCc1cc(-c2ccc(OC)c(C)c2)ccc1Cl. The van der Waals surface area contributed by atoms with Crippen molar-refractivity contribution in [1.29, 1.82) is 0 Å². The maximum absolute atomic E-state index is 6.18. The van der Waals surface area contributed by atoms with Crippen LogP contribution in [-0.2, 0) is 6.54 Å². The van der Waals surface area contributed by atoms with Crippen LogP contribution in [0.15, 0.2) is 36.4 Å². The molecule has 19 heavy (non-hydrogen) atoms. The molecule has 3 heteroatoms. The molecule has 0 heterocycles. The van der Waals surface area contributed by atoms with Gasteiger partial charge in [-0.3, -0.25) is 0 Å². The molecule has 2 nitrogen and oxygen atoms in total. The van der Waals surface area contributed by atoms with Crippen molar-refractivity contribution in [1.82, 2.24) is 5.32 Å². The Morgan fingerprint density at radius 2 is 1.79 bits per heavy atom. The number of halogens is 1. The highest BCUT2D eigenvalue weighted by Crippen LogP contribution is 2.28. The monoisotopic (exact) mass is 275 g/mol. The molecule has 0 bridgehead atoms. The summed E-state index contributed by atoms with van der Waals surface area (Å²) in [6.07, 6.45) is 0. The summed E-state index contributed by atoms with van der Waals surface area (Å²) < 4.78 is 5.29. The van der Waals surface area contributed by atoms with Gasteiger partial charge in [-0.2, -0.15) is 0 Å². The van der Waals surface area contributed by atoms with Gasteiger partial charge in [0.25, 0.3) is 0 Å². The van der Waals surface area contributed by atoms with E-state index in [9.17, 15) is 0 Å². The Hall–Kier alpha value is -1.51. The molecule has 0 atom stereocenters. The summed E-state index contributed by atoms with van der Waals surface area (Å²) in [5.41, 5.74) is 4.58. The van der Waals surface area contributed by atoms with E-state index in [2.05, 4.69) is 23.5 Å². The standard InChI is InChI=1S/C16H18ClNO/c1-11-8-12(5-7-16(11)19-3)13-4-6-15(17)14(9-13)10-18-2/h4-9,18H,10H2,1-3H3. The van der Waals surface area contributed by atoms with Crippen molar-refractivity contribution >= 4 is 11.6 Å². The molecule has 0 saturated carbocycles. The highest BCUT2D eigenvalue weighted by molar-refractivity contribution is 6.31. The van der Waals surface area contributed by atoms with Crippen LogP contribution >= 0.6 is 11.6 Å². The van der Waals surface area contributed by atoms with E-state index >= 15 is 0 Å². The van der Waals surface area contributed by atoms with Gasteiger partial charge in [-0.25, -0.2) is 0 Å². The van der Waals surface area contributed by atoms with Gasteiger partial charge in [-0.15, -0.1) is 0 Å². The molecule has 1 N–H and O–H groups in total. The Bertz CT molecular complexity index is 581. The highest BCUT2D eigenvalue weighted by Gasteiger charge is 2.05. The van der Waals surface area contributed by atoms with Gasteiger partial charge in [0.1, 0.15) is 5.75 Å². The summed E-state index contributed by atoms with van der Waals surface area (Å²) in [4.78, 5) is 0. The molecule has 0 amide bonds. The number of benzene rings is 2. The Labute approximate surface area is 119 Å². The van der Waals surface area contributed by atoms with Crippen molar-refractivity contribution in [3.05, 3.63) is 52.5 Å². The second-order valence-corrected chi connectivity index (χ2v) is 4.93. The van der Waals surface area contributed by atoms with Crippen molar-refractivity contribution in [2.24, 2.45) is 0 Å². The lowest BCUT2D eigenvalue weighted by atomic mass is 10.0. The summed E-state index contributed by atoms with van der Waals surface area (Å²) >= 11 is 6.18. The van der Waals surface area contributed by atoms with Crippen LogP contribution in [0.3, 0.4) is 0 Å². The smallest absolute Gasteiger partial charge is 0.121 e. The fourth-order valence-electron chi connectivity index (χ4n) is 2.14. The molecule has 0 unspecified atom stereocenters. The van der Waals surface area contributed by atoms with Gasteiger partial charge in [0.15, 0.2) is 0 Å². The van der Waals surface area contributed by atoms with E-state index in [0.29, 0.717) is 0 Å². The third-order valence-corrected chi connectivity index (χ3v) is 3.51. The Kier molecular flexibility index (Phi) is 4.46. The number of rotatable bonds is 4. The molecule has 2 rings (SSSR count). The minimum Gasteiger partial charge on any atom is -0.496 e. The van der Waals surface area contributed by atoms with Crippen LogP contribution in [0.2, 0.25) is 5.02 Å². The molecule has 100 valence electrons. The number of hydrogen-bond acceptors (Lipinski definition) is 2. The summed E-state index contributed by atoms with van der Waals surface area (Å²) in [5.74, 6) is 0.910.